The molecule has 0 radical (unpaired) electrons. The molecule has 0 fully saturated rings. The van der Waals surface area contributed by atoms with Crippen LogP contribution in [-0.2, 0) is 0 Å². The fraction of sp³-hybridized carbons (Fsp3) is 0.375. The molecule has 1 aliphatic heterocycles. The lowest BCUT2D eigenvalue weighted by atomic mass is 10.1. The fourth-order valence-corrected chi connectivity index (χ4v) is 1.14. The number of nitrogens with one attached hydrogen (secondary N) is 1. The zero-order valence-corrected chi connectivity index (χ0v) is 7.61. The Morgan fingerprint density at radius 3 is 3.00 bits per heavy atom. The van der Waals surface area contributed by atoms with Crippen molar-refractivity contribution in [3.63, 3.8) is 0 Å². The number of likely N-dealkylation sites (N-methyl/N-ethyl adjacent to an activating group) is 1. The third-order valence-corrected chi connectivity index (χ3v) is 2.02. The Hall–Kier alpha value is -0.830. The molecule has 0 atom stereocenters. The van der Waals surface area contributed by atoms with Gasteiger partial charge in [0.15, 0.2) is 0 Å². The summed E-state index contributed by atoms with van der Waals surface area (Å²) in [7, 11) is 3.84. The quantitative estimate of drug-likeness (QED) is 0.593. The zero-order chi connectivity index (χ0) is 8.27. The number of hydrogen-bond acceptors (Lipinski definition) is 2. The first-order chi connectivity index (χ1) is 5.24. The minimum Gasteiger partial charge on any atom is -0.379 e. The molecule has 0 aromatic heterocycles. The lowest BCUT2D eigenvalue weighted by molar-refractivity contribution is 0.608. The molecular weight excluding hydrogens is 156 g/mol. The molecule has 0 saturated heterocycles. The van der Waals surface area contributed by atoms with Crippen LogP contribution < -0.4 is 5.32 Å². The minimum atomic E-state index is 0.834. The Labute approximate surface area is 72.6 Å². The van der Waals surface area contributed by atoms with Gasteiger partial charge in [0.05, 0.1) is 0 Å². The van der Waals surface area contributed by atoms with Crippen LogP contribution in [-0.4, -0.2) is 24.0 Å². The third kappa shape index (κ3) is 2.05. The highest BCUT2D eigenvalue weighted by atomic mass is 32.1. The third-order valence-electron chi connectivity index (χ3n) is 1.56. The largest absolute Gasteiger partial charge is 0.379 e. The Balaban J connectivity index is 2.66. The molecule has 0 unspecified atom stereocenters. The predicted molar refractivity (Wildman–Crippen MR) is 51.3 cm³/mol. The van der Waals surface area contributed by atoms with Crippen molar-refractivity contribution in [1.29, 1.82) is 0 Å². The average molecular weight is 168 g/mol. The molecule has 3 heteroatoms. The highest BCUT2D eigenvalue weighted by molar-refractivity contribution is 7.80. The molecule has 1 rings (SSSR count). The molecule has 0 bridgehead atoms. The van der Waals surface area contributed by atoms with E-state index in [9.17, 15) is 0 Å². The van der Waals surface area contributed by atoms with Crippen LogP contribution in [0, 0.1) is 0 Å². The Kier molecular flexibility index (Phi) is 2.65. The second-order valence-corrected chi connectivity index (χ2v) is 2.90. The second kappa shape index (κ2) is 3.53. The van der Waals surface area contributed by atoms with Crippen LogP contribution in [0.4, 0.5) is 0 Å². The van der Waals surface area contributed by atoms with Gasteiger partial charge in [0.25, 0.3) is 0 Å². The van der Waals surface area contributed by atoms with Gasteiger partial charge in [0.1, 0.15) is 4.99 Å². The van der Waals surface area contributed by atoms with Crippen LogP contribution in [0.3, 0.4) is 0 Å². The van der Waals surface area contributed by atoms with Crippen LogP contribution in [0.15, 0.2) is 24.0 Å². The van der Waals surface area contributed by atoms with Gasteiger partial charge in [-0.1, -0.05) is 18.3 Å². The standard InChI is InChI=1S/C8H12N2S/c1-9-8(11)7-4-3-5-10(2)6-7/h3,5-6H,4H2,1-2H3,(H,9,11). The van der Waals surface area contributed by atoms with E-state index >= 15 is 0 Å². The van der Waals surface area contributed by atoms with E-state index in [0.29, 0.717) is 0 Å². The number of allylic oxidation sites excluding steroid dienone is 1. The molecule has 2 nitrogen and oxygen atoms in total. The van der Waals surface area contributed by atoms with Gasteiger partial charge in [-0.3, -0.25) is 0 Å². The van der Waals surface area contributed by atoms with Crippen molar-refractivity contribution in [1.82, 2.24) is 10.2 Å². The van der Waals surface area contributed by atoms with Crippen molar-refractivity contribution < 1.29 is 0 Å². The van der Waals surface area contributed by atoms with E-state index in [1.54, 1.807) is 0 Å². The van der Waals surface area contributed by atoms with Crippen LogP contribution in [0.1, 0.15) is 6.42 Å². The molecule has 1 aliphatic rings. The van der Waals surface area contributed by atoms with Crippen LogP contribution in [0.2, 0.25) is 0 Å². The van der Waals surface area contributed by atoms with Crippen LogP contribution in [0.25, 0.3) is 0 Å². The number of nitrogens with zero attached hydrogens (tertiary/aromatic N) is 1. The van der Waals surface area contributed by atoms with E-state index in [0.717, 1.165) is 11.4 Å². The summed E-state index contributed by atoms with van der Waals surface area (Å²) in [5.74, 6) is 0. The Bertz CT molecular complexity index is 218. The van der Waals surface area contributed by atoms with Gasteiger partial charge < -0.3 is 10.2 Å². The summed E-state index contributed by atoms with van der Waals surface area (Å²) in [4.78, 5) is 2.84. The molecule has 0 aromatic carbocycles. The minimum absolute atomic E-state index is 0.834. The van der Waals surface area contributed by atoms with E-state index < -0.39 is 0 Å². The predicted octanol–water partition coefficient (Wildman–Crippen LogP) is 1.27. The molecule has 0 amide bonds. The van der Waals surface area contributed by atoms with E-state index in [2.05, 4.69) is 11.4 Å². The van der Waals surface area contributed by atoms with Gasteiger partial charge in [-0.15, -0.1) is 0 Å². The monoisotopic (exact) mass is 168 g/mol. The molecule has 1 heterocycles. The lowest BCUT2D eigenvalue weighted by Gasteiger charge is -2.16. The zero-order valence-electron chi connectivity index (χ0n) is 6.79. The van der Waals surface area contributed by atoms with Gasteiger partial charge >= 0.3 is 0 Å². The Morgan fingerprint density at radius 2 is 2.45 bits per heavy atom. The summed E-state index contributed by atoms with van der Waals surface area (Å²) in [5.41, 5.74) is 1.17. The highest BCUT2D eigenvalue weighted by Crippen LogP contribution is 2.10. The molecule has 0 saturated carbocycles. The van der Waals surface area contributed by atoms with Crippen molar-refractivity contribution in [2.45, 2.75) is 6.42 Å². The molecule has 0 spiro atoms. The van der Waals surface area contributed by atoms with Gasteiger partial charge in [-0.25, -0.2) is 0 Å². The smallest absolute Gasteiger partial charge is 0.104 e. The van der Waals surface area contributed by atoms with Crippen molar-refractivity contribution in [2.24, 2.45) is 0 Å². The van der Waals surface area contributed by atoms with Crippen LogP contribution >= 0.6 is 12.2 Å². The molecular formula is C8H12N2S. The van der Waals surface area contributed by atoms with Gasteiger partial charge in [-0.2, -0.15) is 0 Å². The van der Waals surface area contributed by atoms with Gasteiger partial charge in [0, 0.05) is 25.9 Å². The van der Waals surface area contributed by atoms with Crippen molar-refractivity contribution in [3.05, 3.63) is 24.0 Å². The SMILES string of the molecule is CNC(=S)C1=CN(C)C=CC1. The molecule has 60 valence electrons. The molecule has 1 N–H and O–H groups in total. The lowest BCUT2D eigenvalue weighted by Crippen LogP contribution is -2.21. The molecule has 0 aliphatic carbocycles. The summed E-state index contributed by atoms with van der Waals surface area (Å²) in [6, 6.07) is 0. The van der Waals surface area contributed by atoms with Crippen molar-refractivity contribution in [3.8, 4) is 0 Å². The molecule has 11 heavy (non-hydrogen) atoms. The van der Waals surface area contributed by atoms with Gasteiger partial charge in [-0.05, 0) is 12.6 Å². The normalized spacial score (nSPS) is 16.2. The van der Waals surface area contributed by atoms with E-state index in [4.69, 9.17) is 12.2 Å². The maximum Gasteiger partial charge on any atom is 0.104 e. The van der Waals surface area contributed by atoms with Crippen LogP contribution in [0.5, 0.6) is 0 Å². The fourth-order valence-electron chi connectivity index (χ4n) is 0.999. The average Bonchev–Trinajstić information content (AvgIpc) is 2.03. The summed E-state index contributed by atoms with van der Waals surface area (Å²) in [6.45, 7) is 0. The number of thiocarbonyl (C=S) groups is 1. The number of hydrogen-bond donors (Lipinski definition) is 1. The summed E-state index contributed by atoms with van der Waals surface area (Å²) in [6.07, 6.45) is 7.10. The highest BCUT2D eigenvalue weighted by Gasteiger charge is 2.04. The Morgan fingerprint density at radius 1 is 1.73 bits per heavy atom. The van der Waals surface area contributed by atoms with Crippen molar-refractivity contribution in [2.75, 3.05) is 14.1 Å². The van der Waals surface area contributed by atoms with Crippen molar-refractivity contribution >= 4 is 17.2 Å². The summed E-state index contributed by atoms with van der Waals surface area (Å²) in [5, 5.41) is 2.96. The van der Waals surface area contributed by atoms with E-state index in [-0.39, 0.29) is 0 Å². The topological polar surface area (TPSA) is 15.3 Å². The first kappa shape index (κ1) is 8.27. The van der Waals surface area contributed by atoms with E-state index in [1.807, 2.05) is 31.4 Å². The van der Waals surface area contributed by atoms with E-state index in [1.165, 1.54) is 5.57 Å². The second-order valence-electron chi connectivity index (χ2n) is 2.49. The first-order valence-corrected chi connectivity index (χ1v) is 3.96. The summed E-state index contributed by atoms with van der Waals surface area (Å²) < 4.78 is 0. The maximum atomic E-state index is 5.09. The summed E-state index contributed by atoms with van der Waals surface area (Å²) >= 11 is 5.09. The maximum absolute atomic E-state index is 5.09. The van der Waals surface area contributed by atoms with Gasteiger partial charge in [0.2, 0.25) is 0 Å². The molecule has 0 aromatic rings. The first-order valence-electron chi connectivity index (χ1n) is 3.55. The number of rotatable bonds is 1.